The lowest BCUT2D eigenvalue weighted by Crippen LogP contribution is -2.40. The maximum absolute atomic E-state index is 11.0. The minimum atomic E-state index is -0.489. The zero-order valence-electron chi connectivity index (χ0n) is 6.78. The highest BCUT2D eigenvalue weighted by Crippen LogP contribution is 2.03. The predicted molar refractivity (Wildman–Crippen MR) is 47.9 cm³/mol. The van der Waals surface area contributed by atoms with Gasteiger partial charge in [0.05, 0.1) is 17.2 Å². The molecule has 12 heavy (non-hydrogen) atoms. The number of likely N-dealkylation sites (N-methyl/N-ethyl adjacent to an activating group) is 1. The maximum atomic E-state index is 11.0. The lowest BCUT2D eigenvalue weighted by atomic mass is 10.2. The second kappa shape index (κ2) is 4.18. The maximum Gasteiger partial charge on any atom is 0.237 e. The van der Waals surface area contributed by atoms with Gasteiger partial charge in [0.2, 0.25) is 5.91 Å². The highest BCUT2D eigenvalue weighted by Gasteiger charge is 2.12. The highest BCUT2D eigenvalue weighted by atomic mass is 32.1. The van der Waals surface area contributed by atoms with Crippen LogP contribution in [-0.4, -0.2) is 24.0 Å². The van der Waals surface area contributed by atoms with E-state index in [2.05, 4.69) is 10.3 Å². The Morgan fingerprint density at radius 3 is 3.17 bits per heavy atom. The lowest BCUT2D eigenvalue weighted by Gasteiger charge is -2.06. The first-order valence-corrected chi connectivity index (χ1v) is 4.52. The van der Waals surface area contributed by atoms with Crippen molar-refractivity contribution in [1.29, 1.82) is 0 Å². The molecule has 0 saturated heterocycles. The predicted octanol–water partition coefficient (Wildman–Crippen LogP) is -0.241. The standard InChI is InChI=1S/C7H11N3OS/c1-9-7(11)6(8)2-5-3-12-4-10-5/h3-4,6H,2,8H2,1H3,(H,9,11). The Balaban J connectivity index is 2.47. The van der Waals surface area contributed by atoms with Crippen LogP contribution in [0.4, 0.5) is 0 Å². The number of carbonyl (C=O) groups excluding carboxylic acids is 1. The first-order chi connectivity index (χ1) is 5.74. The second-order valence-electron chi connectivity index (χ2n) is 2.40. The number of aromatic nitrogens is 1. The van der Waals surface area contributed by atoms with Gasteiger partial charge in [-0.15, -0.1) is 11.3 Å². The summed E-state index contributed by atoms with van der Waals surface area (Å²) in [6.07, 6.45) is 0.503. The summed E-state index contributed by atoms with van der Waals surface area (Å²) in [5.74, 6) is -0.150. The van der Waals surface area contributed by atoms with Crippen LogP contribution in [-0.2, 0) is 11.2 Å². The Hall–Kier alpha value is -0.940. The van der Waals surface area contributed by atoms with E-state index in [1.807, 2.05) is 5.38 Å². The van der Waals surface area contributed by atoms with E-state index in [1.165, 1.54) is 11.3 Å². The van der Waals surface area contributed by atoms with Gasteiger partial charge in [0.15, 0.2) is 0 Å². The number of thiazole rings is 1. The molecule has 0 fully saturated rings. The quantitative estimate of drug-likeness (QED) is 0.683. The summed E-state index contributed by atoms with van der Waals surface area (Å²) in [7, 11) is 1.57. The van der Waals surface area contributed by atoms with Gasteiger partial charge in [-0.25, -0.2) is 4.98 Å². The normalized spacial score (nSPS) is 12.5. The Morgan fingerprint density at radius 1 is 1.92 bits per heavy atom. The molecule has 1 atom stereocenters. The third-order valence-corrected chi connectivity index (χ3v) is 2.13. The molecule has 1 amide bonds. The summed E-state index contributed by atoms with van der Waals surface area (Å²) < 4.78 is 0. The van der Waals surface area contributed by atoms with E-state index in [0.717, 1.165) is 5.69 Å². The molecule has 3 N–H and O–H groups in total. The van der Waals surface area contributed by atoms with Gasteiger partial charge in [-0.05, 0) is 0 Å². The summed E-state index contributed by atoms with van der Waals surface area (Å²) in [6.45, 7) is 0. The monoisotopic (exact) mass is 185 g/mol. The number of carbonyl (C=O) groups is 1. The van der Waals surface area contributed by atoms with Crippen LogP contribution >= 0.6 is 11.3 Å². The minimum absolute atomic E-state index is 0.150. The molecule has 66 valence electrons. The van der Waals surface area contributed by atoms with E-state index in [1.54, 1.807) is 12.6 Å². The number of hydrogen-bond donors (Lipinski definition) is 2. The van der Waals surface area contributed by atoms with Crippen LogP contribution in [0.25, 0.3) is 0 Å². The van der Waals surface area contributed by atoms with Gasteiger partial charge in [-0.2, -0.15) is 0 Å². The van der Waals surface area contributed by atoms with Crippen molar-refractivity contribution in [3.8, 4) is 0 Å². The Labute approximate surface area is 74.8 Å². The van der Waals surface area contributed by atoms with Gasteiger partial charge >= 0.3 is 0 Å². The molecule has 0 bridgehead atoms. The van der Waals surface area contributed by atoms with E-state index < -0.39 is 6.04 Å². The fraction of sp³-hybridized carbons (Fsp3) is 0.429. The average Bonchev–Trinajstić information content (AvgIpc) is 2.55. The van der Waals surface area contributed by atoms with Crippen molar-refractivity contribution in [2.45, 2.75) is 12.5 Å². The van der Waals surface area contributed by atoms with Crippen LogP contribution in [0.5, 0.6) is 0 Å². The van der Waals surface area contributed by atoms with Crippen molar-refractivity contribution in [2.75, 3.05) is 7.05 Å². The largest absolute Gasteiger partial charge is 0.358 e. The Kier molecular flexibility index (Phi) is 3.19. The van der Waals surface area contributed by atoms with Gasteiger partial charge in [0, 0.05) is 18.8 Å². The zero-order valence-corrected chi connectivity index (χ0v) is 7.60. The summed E-state index contributed by atoms with van der Waals surface area (Å²) in [5, 5.41) is 4.38. The van der Waals surface area contributed by atoms with Crippen LogP contribution < -0.4 is 11.1 Å². The van der Waals surface area contributed by atoms with Crippen LogP contribution in [0.2, 0.25) is 0 Å². The van der Waals surface area contributed by atoms with Crippen LogP contribution in [0.3, 0.4) is 0 Å². The van der Waals surface area contributed by atoms with Gasteiger partial charge in [0.1, 0.15) is 0 Å². The van der Waals surface area contributed by atoms with Crippen molar-refractivity contribution in [1.82, 2.24) is 10.3 Å². The fourth-order valence-electron chi connectivity index (χ4n) is 0.842. The number of nitrogens with two attached hydrogens (primary N) is 1. The van der Waals surface area contributed by atoms with Crippen LogP contribution in [0.15, 0.2) is 10.9 Å². The number of amides is 1. The summed E-state index contributed by atoms with van der Waals surface area (Å²) in [6, 6.07) is -0.489. The third kappa shape index (κ3) is 2.28. The molecule has 0 radical (unpaired) electrons. The molecule has 1 unspecified atom stereocenters. The topological polar surface area (TPSA) is 68.0 Å². The average molecular weight is 185 g/mol. The molecule has 1 aromatic rings. The van der Waals surface area contributed by atoms with E-state index in [4.69, 9.17) is 5.73 Å². The van der Waals surface area contributed by atoms with E-state index in [-0.39, 0.29) is 5.91 Å². The third-order valence-electron chi connectivity index (χ3n) is 1.50. The second-order valence-corrected chi connectivity index (χ2v) is 3.12. The fourth-order valence-corrected chi connectivity index (χ4v) is 1.41. The molecular weight excluding hydrogens is 174 g/mol. The molecule has 4 nitrogen and oxygen atoms in total. The number of nitrogens with one attached hydrogen (secondary N) is 1. The van der Waals surface area contributed by atoms with Crippen LogP contribution in [0, 0.1) is 0 Å². The van der Waals surface area contributed by atoms with Gasteiger partial charge in [0.25, 0.3) is 0 Å². The molecule has 0 aromatic carbocycles. The van der Waals surface area contributed by atoms with Crippen molar-refractivity contribution in [3.63, 3.8) is 0 Å². The van der Waals surface area contributed by atoms with Crippen LogP contribution in [0.1, 0.15) is 5.69 Å². The van der Waals surface area contributed by atoms with E-state index in [0.29, 0.717) is 6.42 Å². The van der Waals surface area contributed by atoms with Gasteiger partial charge in [-0.3, -0.25) is 4.79 Å². The SMILES string of the molecule is CNC(=O)C(N)Cc1cscn1. The van der Waals surface area contributed by atoms with Crippen molar-refractivity contribution < 1.29 is 4.79 Å². The zero-order chi connectivity index (χ0) is 8.97. The van der Waals surface area contributed by atoms with Gasteiger partial charge < -0.3 is 11.1 Å². The molecule has 0 spiro atoms. The Bertz CT molecular complexity index is 247. The van der Waals surface area contributed by atoms with Crippen molar-refractivity contribution in [2.24, 2.45) is 5.73 Å². The van der Waals surface area contributed by atoms with E-state index >= 15 is 0 Å². The molecule has 1 aromatic heterocycles. The summed E-state index contributed by atoms with van der Waals surface area (Å²) in [5.41, 5.74) is 8.17. The molecule has 0 aliphatic rings. The smallest absolute Gasteiger partial charge is 0.237 e. The summed E-state index contributed by atoms with van der Waals surface area (Å²) >= 11 is 1.50. The number of nitrogens with zero attached hydrogens (tertiary/aromatic N) is 1. The minimum Gasteiger partial charge on any atom is -0.358 e. The molecular formula is C7H11N3OS. The van der Waals surface area contributed by atoms with E-state index in [9.17, 15) is 4.79 Å². The number of rotatable bonds is 3. The molecule has 1 rings (SSSR count). The van der Waals surface area contributed by atoms with Gasteiger partial charge in [-0.1, -0.05) is 0 Å². The first-order valence-electron chi connectivity index (χ1n) is 3.58. The molecule has 1 heterocycles. The Morgan fingerprint density at radius 2 is 2.67 bits per heavy atom. The van der Waals surface area contributed by atoms with Crippen molar-refractivity contribution in [3.05, 3.63) is 16.6 Å². The first kappa shape index (κ1) is 9.15. The molecule has 5 heteroatoms. The lowest BCUT2D eigenvalue weighted by molar-refractivity contribution is -0.121. The molecule has 0 saturated carbocycles. The molecule has 0 aliphatic carbocycles. The number of hydrogen-bond acceptors (Lipinski definition) is 4. The van der Waals surface area contributed by atoms with Crippen molar-refractivity contribution >= 4 is 17.2 Å². The highest BCUT2D eigenvalue weighted by molar-refractivity contribution is 7.07. The molecule has 0 aliphatic heterocycles. The summed E-state index contributed by atoms with van der Waals surface area (Å²) in [4.78, 5) is 15.0.